The molecule has 0 unspecified atom stereocenters. The first-order valence-electron chi connectivity index (χ1n) is 6.26. The first kappa shape index (κ1) is 12.2. The number of carbonyl (C=O) groups is 1. The van der Waals surface area contributed by atoms with Crippen LogP contribution >= 0.6 is 11.6 Å². The second-order valence-electron chi connectivity index (χ2n) is 4.48. The summed E-state index contributed by atoms with van der Waals surface area (Å²) in [5, 5.41) is 3.39. The molecule has 98 valence electrons. The molecule has 0 aromatic carbocycles. The van der Waals surface area contributed by atoms with Crippen LogP contribution in [0.5, 0.6) is 5.75 Å². The number of carbonyl (C=O) groups excluding carboxylic acids is 1. The number of nitrogens with zero attached hydrogens (tertiary/aromatic N) is 1. The van der Waals surface area contributed by atoms with Crippen molar-refractivity contribution in [2.75, 3.05) is 5.32 Å². The highest BCUT2D eigenvalue weighted by Crippen LogP contribution is 2.33. The SMILES string of the molecule is O=C1CCc2c(OC3=CCCC=C3Cl)ccnc2N1. The molecule has 0 saturated heterocycles. The minimum atomic E-state index is -0.00744. The van der Waals surface area contributed by atoms with Crippen molar-refractivity contribution >= 4 is 23.3 Å². The second kappa shape index (κ2) is 5.05. The number of nitrogens with one attached hydrogen (secondary N) is 1. The fraction of sp³-hybridized carbons (Fsp3) is 0.286. The van der Waals surface area contributed by atoms with Crippen LogP contribution in [0.4, 0.5) is 5.82 Å². The number of pyridine rings is 1. The molecule has 1 aliphatic carbocycles. The van der Waals surface area contributed by atoms with Crippen molar-refractivity contribution < 1.29 is 9.53 Å². The molecule has 2 heterocycles. The molecular weight excluding hydrogens is 264 g/mol. The fourth-order valence-corrected chi connectivity index (χ4v) is 2.41. The molecule has 2 aliphatic rings. The van der Waals surface area contributed by atoms with Gasteiger partial charge in [-0.3, -0.25) is 4.79 Å². The third kappa shape index (κ3) is 2.49. The Bertz CT molecular complexity index is 593. The highest BCUT2D eigenvalue weighted by atomic mass is 35.5. The molecule has 0 fully saturated rings. The summed E-state index contributed by atoms with van der Waals surface area (Å²) in [4.78, 5) is 15.5. The van der Waals surface area contributed by atoms with Crippen LogP contribution in [0.2, 0.25) is 0 Å². The molecule has 0 atom stereocenters. The largest absolute Gasteiger partial charge is 0.456 e. The van der Waals surface area contributed by atoms with Crippen LogP contribution in [0, 0.1) is 0 Å². The summed E-state index contributed by atoms with van der Waals surface area (Å²) in [6, 6.07) is 1.80. The maximum atomic E-state index is 11.3. The molecule has 1 aliphatic heterocycles. The summed E-state index contributed by atoms with van der Waals surface area (Å²) in [5.74, 6) is 1.97. The average molecular weight is 277 g/mol. The first-order chi connectivity index (χ1) is 9.24. The third-order valence-corrected chi connectivity index (χ3v) is 3.49. The number of amides is 1. The quantitative estimate of drug-likeness (QED) is 0.903. The predicted octanol–water partition coefficient (Wildman–Crippen LogP) is 3.15. The Hall–Kier alpha value is -1.81. The van der Waals surface area contributed by atoms with Crippen LogP contribution in [-0.2, 0) is 11.2 Å². The van der Waals surface area contributed by atoms with Gasteiger partial charge in [0.2, 0.25) is 5.91 Å². The second-order valence-corrected chi connectivity index (χ2v) is 4.89. The Labute approximate surface area is 116 Å². The smallest absolute Gasteiger partial charge is 0.225 e. The van der Waals surface area contributed by atoms with Crippen LogP contribution in [-0.4, -0.2) is 10.9 Å². The van der Waals surface area contributed by atoms with E-state index in [1.165, 1.54) is 0 Å². The lowest BCUT2D eigenvalue weighted by molar-refractivity contribution is -0.116. The van der Waals surface area contributed by atoms with E-state index in [4.69, 9.17) is 16.3 Å². The zero-order valence-corrected chi connectivity index (χ0v) is 11.0. The maximum absolute atomic E-state index is 11.3. The number of ether oxygens (including phenoxy) is 1. The average Bonchev–Trinajstić information content (AvgIpc) is 2.41. The summed E-state index contributed by atoms with van der Waals surface area (Å²) >= 11 is 6.12. The molecule has 5 heteroatoms. The van der Waals surface area contributed by atoms with E-state index in [-0.39, 0.29) is 5.91 Å². The Balaban J connectivity index is 1.90. The number of hydrogen-bond donors (Lipinski definition) is 1. The zero-order chi connectivity index (χ0) is 13.2. The van der Waals surface area contributed by atoms with Gasteiger partial charge in [0.25, 0.3) is 0 Å². The Morgan fingerprint density at radius 3 is 2.95 bits per heavy atom. The minimum absolute atomic E-state index is 0.00744. The Morgan fingerprint density at radius 2 is 2.11 bits per heavy atom. The van der Waals surface area contributed by atoms with Crippen molar-refractivity contribution in [1.82, 2.24) is 4.98 Å². The van der Waals surface area contributed by atoms with Crippen LogP contribution in [0.15, 0.2) is 35.2 Å². The van der Waals surface area contributed by atoms with Crippen LogP contribution < -0.4 is 10.1 Å². The number of fused-ring (bicyclic) bond motifs is 1. The van der Waals surface area contributed by atoms with Crippen LogP contribution in [0.25, 0.3) is 0 Å². The van der Waals surface area contributed by atoms with Crippen LogP contribution in [0.1, 0.15) is 24.8 Å². The van der Waals surface area contributed by atoms with E-state index in [2.05, 4.69) is 10.3 Å². The summed E-state index contributed by atoms with van der Waals surface area (Å²) < 4.78 is 5.87. The van der Waals surface area contributed by atoms with Gasteiger partial charge in [-0.15, -0.1) is 0 Å². The first-order valence-corrected chi connectivity index (χ1v) is 6.63. The molecule has 1 N–H and O–H groups in total. The van der Waals surface area contributed by atoms with Gasteiger partial charge >= 0.3 is 0 Å². The molecule has 1 aromatic rings. The molecule has 1 aromatic heterocycles. The highest BCUT2D eigenvalue weighted by Gasteiger charge is 2.21. The number of allylic oxidation sites excluding steroid dienone is 3. The molecule has 0 bridgehead atoms. The molecule has 19 heavy (non-hydrogen) atoms. The maximum Gasteiger partial charge on any atom is 0.225 e. The molecule has 0 spiro atoms. The predicted molar refractivity (Wildman–Crippen MR) is 73.1 cm³/mol. The van der Waals surface area contributed by atoms with E-state index in [0.717, 1.165) is 18.4 Å². The summed E-state index contributed by atoms with van der Waals surface area (Å²) in [6.45, 7) is 0. The third-order valence-electron chi connectivity index (χ3n) is 3.15. The lowest BCUT2D eigenvalue weighted by Crippen LogP contribution is -2.20. The molecule has 0 saturated carbocycles. The van der Waals surface area contributed by atoms with Gasteiger partial charge in [-0.05, 0) is 31.4 Å². The number of anilines is 1. The normalized spacial score (nSPS) is 18.1. The number of aromatic nitrogens is 1. The van der Waals surface area contributed by atoms with Gasteiger partial charge in [-0.2, -0.15) is 0 Å². The standard InChI is InChI=1S/C14H13ClN2O2/c15-10-3-1-2-4-12(10)19-11-7-8-16-14-9(11)5-6-13(18)17-14/h3-4,7-8H,1-2,5-6H2,(H,16,17,18). The van der Waals surface area contributed by atoms with E-state index in [9.17, 15) is 4.79 Å². The van der Waals surface area contributed by atoms with Crippen molar-refractivity contribution in [3.05, 3.63) is 40.8 Å². The minimum Gasteiger partial charge on any atom is -0.456 e. The molecule has 4 nitrogen and oxygen atoms in total. The van der Waals surface area contributed by atoms with E-state index in [1.54, 1.807) is 12.3 Å². The van der Waals surface area contributed by atoms with E-state index < -0.39 is 0 Å². The summed E-state index contributed by atoms with van der Waals surface area (Å²) in [5.41, 5.74) is 0.929. The van der Waals surface area contributed by atoms with E-state index >= 15 is 0 Å². The lowest BCUT2D eigenvalue weighted by atomic mass is 10.1. The van der Waals surface area contributed by atoms with Gasteiger partial charge in [0, 0.05) is 18.2 Å². The van der Waals surface area contributed by atoms with Crippen molar-refractivity contribution in [2.24, 2.45) is 0 Å². The van der Waals surface area contributed by atoms with Gasteiger partial charge in [-0.1, -0.05) is 17.7 Å². The molecule has 3 rings (SSSR count). The topological polar surface area (TPSA) is 51.2 Å². The van der Waals surface area contributed by atoms with Gasteiger partial charge in [0.05, 0.1) is 5.03 Å². The van der Waals surface area contributed by atoms with Crippen molar-refractivity contribution in [3.63, 3.8) is 0 Å². The van der Waals surface area contributed by atoms with Gasteiger partial charge in [0.15, 0.2) is 0 Å². The van der Waals surface area contributed by atoms with Crippen LogP contribution in [0.3, 0.4) is 0 Å². The van der Waals surface area contributed by atoms with E-state index in [1.807, 2.05) is 12.2 Å². The summed E-state index contributed by atoms with van der Waals surface area (Å²) in [6.07, 6.45) is 8.52. The molecule has 0 radical (unpaired) electrons. The monoisotopic (exact) mass is 276 g/mol. The molecular formula is C14H13ClN2O2. The van der Waals surface area contributed by atoms with Gasteiger partial charge in [-0.25, -0.2) is 4.98 Å². The van der Waals surface area contributed by atoms with Crippen molar-refractivity contribution in [1.29, 1.82) is 0 Å². The zero-order valence-electron chi connectivity index (χ0n) is 10.3. The number of rotatable bonds is 2. The Kier molecular flexibility index (Phi) is 3.25. The lowest BCUT2D eigenvalue weighted by Gasteiger charge is -2.20. The van der Waals surface area contributed by atoms with Gasteiger partial charge in [0.1, 0.15) is 17.3 Å². The van der Waals surface area contributed by atoms with Crippen molar-refractivity contribution in [2.45, 2.75) is 25.7 Å². The van der Waals surface area contributed by atoms with Gasteiger partial charge < -0.3 is 10.1 Å². The fourth-order valence-electron chi connectivity index (χ4n) is 2.18. The van der Waals surface area contributed by atoms with Crippen molar-refractivity contribution in [3.8, 4) is 5.75 Å². The Morgan fingerprint density at radius 1 is 1.26 bits per heavy atom. The number of halogens is 1. The van der Waals surface area contributed by atoms with E-state index in [0.29, 0.717) is 35.2 Å². The number of hydrogen-bond acceptors (Lipinski definition) is 3. The molecule has 1 amide bonds. The summed E-state index contributed by atoms with van der Waals surface area (Å²) in [7, 11) is 0. The highest BCUT2D eigenvalue weighted by molar-refractivity contribution is 6.31.